The Kier molecular flexibility index (Phi) is 6.10. The van der Waals surface area contributed by atoms with E-state index >= 15 is 0 Å². The monoisotopic (exact) mass is 426 g/mol. The molecule has 4 atom stereocenters. The quantitative estimate of drug-likeness (QED) is 0.593. The van der Waals surface area contributed by atoms with E-state index in [1.165, 1.54) is 75.7 Å². The highest BCUT2D eigenvalue weighted by Gasteiger charge is 2.46. The van der Waals surface area contributed by atoms with Crippen molar-refractivity contribution in [3.05, 3.63) is 47.5 Å². The first kappa shape index (κ1) is 21.1. The van der Waals surface area contributed by atoms with Gasteiger partial charge in [-0.15, -0.1) is 0 Å². The third-order valence-corrected chi connectivity index (χ3v) is 8.53. The summed E-state index contributed by atoms with van der Waals surface area (Å²) >= 11 is 0. The summed E-state index contributed by atoms with van der Waals surface area (Å²) in [5, 5.41) is 3.13. The number of carbonyl (C=O) groups is 1. The molecule has 1 saturated heterocycles. The largest absolute Gasteiger partial charge is 0.450 e. The maximum absolute atomic E-state index is 12.1. The van der Waals surface area contributed by atoms with Gasteiger partial charge < -0.3 is 15.0 Å². The van der Waals surface area contributed by atoms with Gasteiger partial charge in [0.25, 0.3) is 0 Å². The zero-order valence-corrected chi connectivity index (χ0v) is 19.0. The van der Waals surface area contributed by atoms with Crippen molar-refractivity contribution in [2.45, 2.75) is 69.7 Å². The number of likely N-dealkylation sites (tertiary alicyclic amines) is 1. The van der Waals surface area contributed by atoms with Crippen molar-refractivity contribution >= 4 is 6.09 Å². The summed E-state index contributed by atoms with van der Waals surface area (Å²) < 4.78 is 5.17. The molecule has 1 heterocycles. The summed E-state index contributed by atoms with van der Waals surface area (Å²) in [4.78, 5) is 14.9. The van der Waals surface area contributed by atoms with Gasteiger partial charge in [0.05, 0.1) is 12.6 Å². The van der Waals surface area contributed by atoms with E-state index in [-0.39, 0.29) is 20.4 Å². The number of hydrogen-bond acceptors (Lipinski definition) is 3. The van der Waals surface area contributed by atoms with Crippen molar-refractivity contribution in [2.24, 2.45) is 17.8 Å². The van der Waals surface area contributed by atoms with Crippen molar-refractivity contribution < 1.29 is 12.4 Å². The van der Waals surface area contributed by atoms with E-state index in [2.05, 4.69) is 46.6 Å². The van der Waals surface area contributed by atoms with Gasteiger partial charge in [-0.3, -0.25) is 0 Å². The van der Waals surface area contributed by atoms with E-state index in [0.717, 1.165) is 24.2 Å². The fraction of sp³-hybridized carbons (Fsp3) is 0.667. The fourth-order valence-corrected chi connectivity index (χ4v) is 7.00. The van der Waals surface area contributed by atoms with Crippen molar-refractivity contribution in [3.8, 4) is 0 Å². The molecular weight excluding hydrogens is 384 g/mol. The number of alkyl carbamates (subject to hydrolysis) is 1. The van der Waals surface area contributed by atoms with E-state index in [9.17, 15) is 4.79 Å². The molecule has 2 fully saturated rings. The number of amides is 1. The molecule has 1 aliphatic heterocycles. The molecule has 4 heteroatoms. The van der Waals surface area contributed by atoms with E-state index in [4.69, 9.17) is 4.74 Å². The number of piperidine rings is 1. The fourth-order valence-electron chi connectivity index (χ4n) is 7.00. The second kappa shape index (κ2) is 8.97. The molecule has 172 valence electrons. The van der Waals surface area contributed by atoms with Gasteiger partial charge in [-0.2, -0.15) is 0 Å². The molecule has 0 aromatic heterocycles. The Balaban J connectivity index is 0.00000153. The molecular formula is C27H42N2O2. The Morgan fingerprint density at radius 2 is 2.06 bits per heavy atom. The maximum atomic E-state index is 12.1. The smallest absolute Gasteiger partial charge is 0.407 e. The Morgan fingerprint density at radius 3 is 2.90 bits per heavy atom. The summed E-state index contributed by atoms with van der Waals surface area (Å²) in [7, 11) is 0. The predicted molar refractivity (Wildman–Crippen MR) is 128 cm³/mol. The highest BCUT2D eigenvalue weighted by Crippen LogP contribution is 2.51. The molecule has 2 bridgehead atoms. The summed E-state index contributed by atoms with van der Waals surface area (Å²) in [6.07, 6.45) is 15.1. The summed E-state index contributed by atoms with van der Waals surface area (Å²) in [6.45, 7) is 5.91. The van der Waals surface area contributed by atoms with Crippen LogP contribution in [0.25, 0.3) is 0 Å². The van der Waals surface area contributed by atoms with E-state index in [1.807, 2.05) is 6.92 Å². The van der Waals surface area contributed by atoms with Crippen LogP contribution in [0.4, 0.5) is 4.79 Å². The molecule has 3 aliphatic carbocycles. The molecule has 4 nitrogen and oxygen atoms in total. The van der Waals surface area contributed by atoms with Crippen LogP contribution in [-0.4, -0.2) is 37.2 Å². The normalized spacial score (nSPS) is 31.8. The zero-order valence-electron chi connectivity index (χ0n) is 19.0. The van der Waals surface area contributed by atoms with Gasteiger partial charge in [0.15, 0.2) is 0 Å². The number of hydrogen-bond donors (Lipinski definition) is 1. The number of carbonyl (C=O) groups excluding carboxylic acids is 1. The molecule has 0 radical (unpaired) electrons. The molecule has 4 aliphatic rings. The summed E-state index contributed by atoms with van der Waals surface area (Å²) in [5.74, 6) is 2.64. The predicted octanol–water partition coefficient (Wildman–Crippen LogP) is 6.09. The van der Waals surface area contributed by atoms with Gasteiger partial charge in [-0.1, -0.05) is 36.4 Å². The van der Waals surface area contributed by atoms with E-state index in [0.29, 0.717) is 6.61 Å². The molecule has 1 N–H and O–H groups in total. The SMILES string of the molecule is CCOC(=O)N[C@@H]1CC2(CCN(C[C@H]3CC[C@H]4CC=C[C@@H](C4)C3)CC2)c2ccccc21.[HH].[HH]. The van der Waals surface area contributed by atoms with E-state index < -0.39 is 0 Å². The standard InChI is InChI=1S/C27H38N2O2.2H2/c1-2-31-26(30)28-25-18-27(24-9-4-3-8-23(24)25)12-14-29(15-13-27)19-22-11-10-20-6-5-7-21(16-20)17-22;;/h3-5,7-9,20-22,25H,2,6,10-19H2,1H3,(H,28,30);2*1H/t20-,21+,22+,25-;;/m1../s1. The number of nitrogens with one attached hydrogen (secondary N) is 1. The van der Waals surface area contributed by atoms with Crippen LogP contribution in [0.2, 0.25) is 0 Å². The second-order valence-corrected chi connectivity index (χ2v) is 10.5. The van der Waals surface area contributed by atoms with Crippen LogP contribution in [0.15, 0.2) is 36.4 Å². The molecule has 31 heavy (non-hydrogen) atoms. The van der Waals surface area contributed by atoms with Crippen LogP contribution in [-0.2, 0) is 10.2 Å². The Labute approximate surface area is 190 Å². The summed E-state index contributed by atoms with van der Waals surface area (Å²) in [6, 6.07) is 8.84. The average molecular weight is 427 g/mol. The van der Waals surface area contributed by atoms with Crippen LogP contribution in [0.1, 0.15) is 78.3 Å². The van der Waals surface area contributed by atoms with Crippen LogP contribution < -0.4 is 5.32 Å². The third-order valence-electron chi connectivity index (χ3n) is 8.53. The Hall–Kier alpha value is -1.81. The number of benzene rings is 1. The molecule has 1 aromatic carbocycles. The van der Waals surface area contributed by atoms with Crippen molar-refractivity contribution in [1.29, 1.82) is 0 Å². The minimum absolute atomic E-state index is 0. The first-order valence-electron chi connectivity index (χ1n) is 12.6. The molecule has 1 spiro atoms. The first-order chi connectivity index (χ1) is 15.1. The Morgan fingerprint density at radius 1 is 1.23 bits per heavy atom. The minimum atomic E-state index is -0.288. The molecule has 0 unspecified atom stereocenters. The van der Waals surface area contributed by atoms with Crippen LogP contribution in [0.5, 0.6) is 0 Å². The number of rotatable bonds is 4. The van der Waals surface area contributed by atoms with Gasteiger partial charge in [0.1, 0.15) is 0 Å². The van der Waals surface area contributed by atoms with Gasteiger partial charge in [0, 0.05) is 14.8 Å². The maximum Gasteiger partial charge on any atom is 0.407 e. The average Bonchev–Trinajstić information content (AvgIpc) is 2.99. The van der Waals surface area contributed by atoms with Gasteiger partial charge in [-0.05, 0) is 100 Å². The molecule has 1 aromatic rings. The highest BCUT2D eigenvalue weighted by atomic mass is 16.5. The Bertz CT molecular complexity index is 822. The molecule has 1 saturated carbocycles. The van der Waals surface area contributed by atoms with Crippen LogP contribution in [0, 0.1) is 17.8 Å². The number of nitrogens with zero attached hydrogens (tertiary/aromatic N) is 1. The van der Waals surface area contributed by atoms with E-state index in [1.54, 1.807) is 0 Å². The number of fused-ring (bicyclic) bond motifs is 4. The second-order valence-electron chi connectivity index (χ2n) is 10.5. The topological polar surface area (TPSA) is 41.6 Å². The van der Waals surface area contributed by atoms with Crippen molar-refractivity contribution in [3.63, 3.8) is 0 Å². The lowest BCUT2D eigenvalue weighted by molar-refractivity contribution is 0.124. The zero-order chi connectivity index (χ0) is 21.3. The van der Waals surface area contributed by atoms with Gasteiger partial charge >= 0.3 is 6.09 Å². The lowest BCUT2D eigenvalue weighted by Gasteiger charge is -2.41. The van der Waals surface area contributed by atoms with Crippen LogP contribution in [0.3, 0.4) is 0 Å². The number of ether oxygens (including phenoxy) is 1. The molecule has 1 amide bonds. The van der Waals surface area contributed by atoms with Gasteiger partial charge in [-0.25, -0.2) is 4.79 Å². The lowest BCUT2D eigenvalue weighted by Crippen LogP contribution is -2.44. The third kappa shape index (κ3) is 4.41. The lowest BCUT2D eigenvalue weighted by atomic mass is 9.73. The first-order valence-corrected chi connectivity index (χ1v) is 12.6. The van der Waals surface area contributed by atoms with Crippen LogP contribution >= 0.6 is 0 Å². The minimum Gasteiger partial charge on any atom is -0.450 e. The van der Waals surface area contributed by atoms with Crippen molar-refractivity contribution in [2.75, 3.05) is 26.2 Å². The van der Waals surface area contributed by atoms with Crippen molar-refractivity contribution in [1.82, 2.24) is 10.2 Å². The molecule has 5 rings (SSSR count). The highest BCUT2D eigenvalue weighted by molar-refractivity contribution is 5.68. The van der Waals surface area contributed by atoms with Gasteiger partial charge in [0.2, 0.25) is 0 Å². The number of allylic oxidation sites excluding steroid dienone is 2. The summed E-state index contributed by atoms with van der Waals surface area (Å²) in [5.41, 5.74) is 2.97.